The summed E-state index contributed by atoms with van der Waals surface area (Å²) in [5, 5.41) is 15.2. The zero-order chi connectivity index (χ0) is 12.6. The highest BCUT2D eigenvalue weighted by atomic mass is 16.3. The lowest BCUT2D eigenvalue weighted by Crippen LogP contribution is -1.92. The van der Waals surface area contributed by atoms with Gasteiger partial charge < -0.3 is 10.4 Å². The summed E-state index contributed by atoms with van der Waals surface area (Å²) in [5.41, 5.74) is 3.54. The molecule has 0 aliphatic rings. The van der Waals surface area contributed by atoms with Crippen LogP contribution in [0.15, 0.2) is 23.2 Å². The zero-order valence-electron chi connectivity index (χ0n) is 10.3. The third-order valence-electron chi connectivity index (χ3n) is 2.95. The van der Waals surface area contributed by atoms with Crippen LogP contribution < -0.4 is 5.32 Å². The Bertz CT molecular complexity index is 603. The molecule has 0 heterocycles. The van der Waals surface area contributed by atoms with Gasteiger partial charge in [-0.25, -0.2) is 0 Å². The van der Waals surface area contributed by atoms with Crippen LogP contribution in [0.5, 0.6) is 5.75 Å². The second-order valence-electron chi connectivity index (χ2n) is 4.21. The van der Waals surface area contributed by atoms with Gasteiger partial charge in [0.1, 0.15) is 5.69 Å². The second kappa shape index (κ2) is 4.09. The molecular formula is C14H16N2O. The molecule has 0 aliphatic carbocycles. The standard InChI is InChI=1S/C14H16N2O/c1-8-5-10-7-9(2)13(16-4)14(17)12(10)11(6-8)15-3/h5-7,15,17H,4H2,1-3H3. The van der Waals surface area contributed by atoms with Gasteiger partial charge in [-0.05, 0) is 49.2 Å². The van der Waals surface area contributed by atoms with E-state index in [4.69, 9.17) is 0 Å². The molecule has 2 aromatic carbocycles. The first-order valence-electron chi connectivity index (χ1n) is 5.50. The van der Waals surface area contributed by atoms with Gasteiger partial charge in [0.2, 0.25) is 0 Å². The molecule has 88 valence electrons. The minimum Gasteiger partial charge on any atom is -0.505 e. The fourth-order valence-electron chi connectivity index (χ4n) is 2.20. The Hall–Kier alpha value is -2.03. The highest BCUT2D eigenvalue weighted by molar-refractivity contribution is 6.03. The quantitative estimate of drug-likeness (QED) is 0.772. The maximum Gasteiger partial charge on any atom is 0.151 e. The summed E-state index contributed by atoms with van der Waals surface area (Å²) in [5.74, 6) is 0.194. The number of phenols is 1. The van der Waals surface area contributed by atoms with Crippen molar-refractivity contribution in [2.75, 3.05) is 12.4 Å². The molecule has 0 bridgehead atoms. The lowest BCUT2D eigenvalue weighted by atomic mass is 10.0. The first-order valence-corrected chi connectivity index (χ1v) is 5.50. The lowest BCUT2D eigenvalue weighted by molar-refractivity contribution is 0.483. The van der Waals surface area contributed by atoms with Crippen molar-refractivity contribution in [1.82, 2.24) is 0 Å². The predicted molar refractivity (Wildman–Crippen MR) is 73.8 cm³/mol. The molecule has 0 amide bonds. The van der Waals surface area contributed by atoms with E-state index in [1.807, 2.05) is 33.0 Å². The minimum absolute atomic E-state index is 0.194. The Balaban J connectivity index is 2.96. The van der Waals surface area contributed by atoms with Crippen molar-refractivity contribution in [1.29, 1.82) is 0 Å². The molecule has 0 aromatic heterocycles. The Morgan fingerprint density at radius 1 is 1.24 bits per heavy atom. The van der Waals surface area contributed by atoms with Gasteiger partial charge in [-0.3, -0.25) is 4.99 Å². The summed E-state index contributed by atoms with van der Waals surface area (Å²) in [6.07, 6.45) is 0. The number of phenolic OH excluding ortho intramolecular Hbond substituents is 1. The van der Waals surface area contributed by atoms with E-state index in [1.54, 1.807) is 0 Å². The SMILES string of the molecule is C=Nc1c(C)cc2cc(C)cc(NC)c2c1O. The number of fused-ring (bicyclic) bond motifs is 1. The molecule has 0 aliphatic heterocycles. The maximum atomic E-state index is 10.3. The molecule has 3 heteroatoms. The Kier molecular flexibility index (Phi) is 2.76. The van der Waals surface area contributed by atoms with Crippen molar-refractivity contribution in [3.63, 3.8) is 0 Å². The van der Waals surface area contributed by atoms with Crippen molar-refractivity contribution < 1.29 is 5.11 Å². The average molecular weight is 228 g/mol. The van der Waals surface area contributed by atoms with Gasteiger partial charge >= 0.3 is 0 Å². The third-order valence-corrected chi connectivity index (χ3v) is 2.95. The molecule has 0 spiro atoms. The predicted octanol–water partition coefficient (Wildman–Crippen LogP) is 3.54. The summed E-state index contributed by atoms with van der Waals surface area (Å²) in [6.45, 7) is 7.46. The van der Waals surface area contributed by atoms with Crippen LogP contribution >= 0.6 is 0 Å². The number of nitrogens with one attached hydrogen (secondary N) is 1. The fraction of sp³-hybridized carbons (Fsp3) is 0.214. The van der Waals surface area contributed by atoms with E-state index < -0.39 is 0 Å². The number of rotatable bonds is 2. The number of nitrogens with zero attached hydrogens (tertiary/aromatic N) is 1. The molecule has 0 atom stereocenters. The van der Waals surface area contributed by atoms with Crippen LogP contribution in [-0.4, -0.2) is 18.9 Å². The van der Waals surface area contributed by atoms with Crippen LogP contribution in [-0.2, 0) is 0 Å². The van der Waals surface area contributed by atoms with Gasteiger partial charge in [0.05, 0.1) is 0 Å². The van der Waals surface area contributed by atoms with Crippen molar-refractivity contribution in [2.24, 2.45) is 4.99 Å². The van der Waals surface area contributed by atoms with E-state index in [0.29, 0.717) is 5.69 Å². The molecule has 0 radical (unpaired) electrons. The molecule has 0 fully saturated rings. The Morgan fingerprint density at radius 2 is 1.94 bits per heavy atom. The van der Waals surface area contributed by atoms with Crippen LogP contribution in [0.1, 0.15) is 11.1 Å². The molecular weight excluding hydrogens is 212 g/mol. The highest BCUT2D eigenvalue weighted by Gasteiger charge is 2.12. The zero-order valence-corrected chi connectivity index (χ0v) is 10.3. The number of aliphatic imine (C=N–C) groups is 1. The normalized spacial score (nSPS) is 10.5. The molecule has 3 nitrogen and oxygen atoms in total. The number of anilines is 1. The lowest BCUT2D eigenvalue weighted by Gasteiger charge is -2.13. The Morgan fingerprint density at radius 3 is 2.53 bits per heavy atom. The average Bonchev–Trinajstić information content (AvgIpc) is 2.27. The molecule has 0 saturated heterocycles. The smallest absolute Gasteiger partial charge is 0.151 e. The van der Waals surface area contributed by atoms with Crippen molar-refractivity contribution in [2.45, 2.75) is 13.8 Å². The molecule has 0 saturated carbocycles. The van der Waals surface area contributed by atoms with E-state index in [2.05, 4.69) is 23.1 Å². The summed E-state index contributed by atoms with van der Waals surface area (Å²) in [4.78, 5) is 3.89. The van der Waals surface area contributed by atoms with Crippen LogP contribution in [0.3, 0.4) is 0 Å². The molecule has 0 unspecified atom stereocenters. The first kappa shape index (κ1) is 11.5. The van der Waals surface area contributed by atoms with Crippen LogP contribution in [0.2, 0.25) is 0 Å². The van der Waals surface area contributed by atoms with E-state index in [-0.39, 0.29) is 5.75 Å². The monoisotopic (exact) mass is 228 g/mol. The van der Waals surface area contributed by atoms with Gasteiger partial charge in [0.25, 0.3) is 0 Å². The van der Waals surface area contributed by atoms with Gasteiger partial charge in [-0.2, -0.15) is 0 Å². The van der Waals surface area contributed by atoms with E-state index in [0.717, 1.165) is 27.6 Å². The van der Waals surface area contributed by atoms with Crippen molar-refractivity contribution >= 4 is 28.9 Å². The summed E-state index contributed by atoms with van der Waals surface area (Å²) in [7, 11) is 1.84. The largest absolute Gasteiger partial charge is 0.505 e. The van der Waals surface area contributed by atoms with E-state index >= 15 is 0 Å². The minimum atomic E-state index is 0.194. The summed E-state index contributed by atoms with van der Waals surface area (Å²) >= 11 is 0. The Labute approximate surface area is 101 Å². The van der Waals surface area contributed by atoms with Gasteiger partial charge in [-0.1, -0.05) is 6.07 Å². The van der Waals surface area contributed by atoms with Crippen molar-refractivity contribution in [3.05, 3.63) is 29.3 Å². The number of aromatic hydroxyl groups is 1. The third kappa shape index (κ3) is 1.73. The van der Waals surface area contributed by atoms with Crippen LogP contribution in [0, 0.1) is 13.8 Å². The molecule has 17 heavy (non-hydrogen) atoms. The fourth-order valence-corrected chi connectivity index (χ4v) is 2.20. The second-order valence-corrected chi connectivity index (χ2v) is 4.21. The molecule has 2 rings (SSSR count). The van der Waals surface area contributed by atoms with E-state index in [1.165, 1.54) is 0 Å². The van der Waals surface area contributed by atoms with Gasteiger partial charge in [-0.15, -0.1) is 0 Å². The van der Waals surface area contributed by atoms with Crippen LogP contribution in [0.4, 0.5) is 11.4 Å². The summed E-state index contributed by atoms with van der Waals surface area (Å²) in [6, 6.07) is 6.08. The number of aryl methyl sites for hydroxylation is 2. The van der Waals surface area contributed by atoms with Gasteiger partial charge in [0, 0.05) is 18.1 Å². The van der Waals surface area contributed by atoms with Crippen LogP contribution in [0.25, 0.3) is 10.8 Å². The van der Waals surface area contributed by atoms with E-state index in [9.17, 15) is 5.11 Å². The molecule has 2 aromatic rings. The number of hydrogen-bond acceptors (Lipinski definition) is 3. The molecule has 2 N–H and O–H groups in total. The van der Waals surface area contributed by atoms with Crippen molar-refractivity contribution in [3.8, 4) is 5.75 Å². The first-order chi connectivity index (χ1) is 8.08. The highest BCUT2D eigenvalue weighted by Crippen LogP contribution is 2.41. The van der Waals surface area contributed by atoms with Gasteiger partial charge in [0.15, 0.2) is 5.75 Å². The number of hydrogen-bond donors (Lipinski definition) is 2. The summed E-state index contributed by atoms with van der Waals surface area (Å²) < 4.78 is 0. The topological polar surface area (TPSA) is 44.6 Å². The maximum absolute atomic E-state index is 10.3. The number of benzene rings is 2.